The van der Waals surface area contributed by atoms with E-state index in [-0.39, 0.29) is 5.91 Å². The van der Waals surface area contributed by atoms with Crippen LogP contribution in [0.5, 0.6) is 0 Å². The van der Waals surface area contributed by atoms with Gasteiger partial charge in [-0.3, -0.25) is 4.79 Å². The third kappa shape index (κ3) is 4.78. The van der Waals surface area contributed by atoms with E-state index in [1.807, 2.05) is 38.1 Å². The van der Waals surface area contributed by atoms with E-state index < -0.39 is 5.41 Å². The number of benzene rings is 1. The monoisotopic (exact) mass is 370 g/mol. The molecular formula is C16H23BrN2OS. The maximum Gasteiger partial charge on any atom is 0.233 e. The summed E-state index contributed by atoms with van der Waals surface area (Å²) >= 11 is 8.63. The molecule has 0 unspecified atom stereocenters. The maximum absolute atomic E-state index is 12.7. The largest absolute Gasteiger partial charge is 0.392 e. The van der Waals surface area contributed by atoms with Crippen LogP contribution in [0.4, 0.5) is 0 Å². The first-order chi connectivity index (χ1) is 9.96. The number of carbonyl (C=O) groups is 1. The number of hydrogen-bond acceptors (Lipinski definition) is 2. The molecule has 0 aliphatic carbocycles. The zero-order chi connectivity index (χ0) is 15.9. The molecule has 0 spiro atoms. The first-order valence-corrected chi connectivity index (χ1v) is 8.49. The molecule has 0 fully saturated rings. The van der Waals surface area contributed by atoms with Crippen molar-refractivity contribution in [3.63, 3.8) is 0 Å². The van der Waals surface area contributed by atoms with Crippen molar-refractivity contribution in [1.29, 1.82) is 0 Å². The van der Waals surface area contributed by atoms with E-state index in [0.29, 0.717) is 24.4 Å². The van der Waals surface area contributed by atoms with Crippen molar-refractivity contribution in [2.45, 2.75) is 46.1 Å². The highest BCUT2D eigenvalue weighted by atomic mass is 79.9. The van der Waals surface area contributed by atoms with Crippen LogP contribution in [0.15, 0.2) is 28.7 Å². The number of nitrogens with one attached hydrogen (secondary N) is 1. The molecule has 0 aromatic heterocycles. The zero-order valence-corrected chi connectivity index (χ0v) is 15.0. The minimum Gasteiger partial charge on any atom is -0.392 e. The molecule has 1 rings (SSSR count). The Morgan fingerprint density at radius 2 is 1.95 bits per heavy atom. The SMILES string of the molecule is CCCC(CCC)(C(=O)NCc1cccc(Br)c1)C(N)=S. The number of amides is 1. The predicted octanol–water partition coefficient (Wildman–Crippen LogP) is 3.94. The summed E-state index contributed by atoms with van der Waals surface area (Å²) in [5.41, 5.74) is 6.23. The van der Waals surface area contributed by atoms with Crippen molar-refractivity contribution in [1.82, 2.24) is 5.32 Å². The highest BCUT2D eigenvalue weighted by molar-refractivity contribution is 9.10. The average Bonchev–Trinajstić information content (AvgIpc) is 2.44. The van der Waals surface area contributed by atoms with Crippen molar-refractivity contribution in [2.75, 3.05) is 0 Å². The summed E-state index contributed by atoms with van der Waals surface area (Å²) in [7, 11) is 0. The molecule has 0 aliphatic rings. The third-order valence-corrected chi connectivity index (χ3v) is 4.49. The van der Waals surface area contributed by atoms with E-state index in [2.05, 4.69) is 21.2 Å². The van der Waals surface area contributed by atoms with Crippen molar-refractivity contribution in [3.8, 4) is 0 Å². The summed E-state index contributed by atoms with van der Waals surface area (Å²) < 4.78 is 0.997. The number of hydrogen-bond donors (Lipinski definition) is 2. The topological polar surface area (TPSA) is 55.1 Å². The molecule has 0 saturated heterocycles. The van der Waals surface area contributed by atoms with Gasteiger partial charge in [0.15, 0.2) is 0 Å². The van der Waals surface area contributed by atoms with Crippen LogP contribution in [0, 0.1) is 5.41 Å². The smallest absolute Gasteiger partial charge is 0.233 e. The molecule has 3 nitrogen and oxygen atoms in total. The van der Waals surface area contributed by atoms with Crippen LogP contribution in [0.1, 0.15) is 45.1 Å². The highest BCUT2D eigenvalue weighted by Gasteiger charge is 2.39. The number of carbonyl (C=O) groups excluding carboxylic acids is 1. The highest BCUT2D eigenvalue weighted by Crippen LogP contribution is 2.31. The van der Waals surface area contributed by atoms with Gasteiger partial charge in [0.1, 0.15) is 0 Å². The lowest BCUT2D eigenvalue weighted by Gasteiger charge is -2.31. The Hall–Kier alpha value is -0.940. The molecule has 1 aromatic rings. The second kappa shape index (κ2) is 8.49. The molecule has 0 atom stereocenters. The lowest BCUT2D eigenvalue weighted by molar-refractivity contribution is -0.128. The van der Waals surface area contributed by atoms with Gasteiger partial charge in [-0.25, -0.2) is 0 Å². The van der Waals surface area contributed by atoms with Crippen LogP contribution in [0.2, 0.25) is 0 Å². The minimum atomic E-state index is -0.717. The van der Waals surface area contributed by atoms with Crippen molar-refractivity contribution in [3.05, 3.63) is 34.3 Å². The molecule has 116 valence electrons. The van der Waals surface area contributed by atoms with Gasteiger partial charge in [-0.15, -0.1) is 0 Å². The normalized spacial score (nSPS) is 11.2. The molecule has 0 aliphatic heterocycles. The third-order valence-electron chi connectivity index (χ3n) is 3.60. The fraction of sp³-hybridized carbons (Fsp3) is 0.500. The van der Waals surface area contributed by atoms with E-state index in [1.165, 1.54) is 0 Å². The lowest BCUT2D eigenvalue weighted by Crippen LogP contribution is -2.48. The van der Waals surface area contributed by atoms with Crippen LogP contribution in [0.3, 0.4) is 0 Å². The summed E-state index contributed by atoms with van der Waals surface area (Å²) in [6, 6.07) is 7.87. The second-order valence-corrected chi connectivity index (χ2v) is 6.61. The molecule has 0 bridgehead atoms. The fourth-order valence-corrected chi connectivity index (χ4v) is 3.31. The Kier molecular flexibility index (Phi) is 7.32. The van der Waals surface area contributed by atoms with E-state index in [1.54, 1.807) is 0 Å². The molecule has 0 saturated carbocycles. The molecule has 3 N–H and O–H groups in total. The van der Waals surface area contributed by atoms with Crippen molar-refractivity contribution < 1.29 is 4.79 Å². The van der Waals surface area contributed by atoms with Crippen molar-refractivity contribution in [2.24, 2.45) is 11.1 Å². The van der Waals surface area contributed by atoms with Gasteiger partial charge in [0, 0.05) is 11.0 Å². The van der Waals surface area contributed by atoms with Gasteiger partial charge in [-0.1, -0.05) is 67.0 Å². The van der Waals surface area contributed by atoms with Crippen LogP contribution in [-0.2, 0) is 11.3 Å². The molecule has 1 amide bonds. The standard InChI is InChI=1S/C16H23BrN2OS/c1-3-8-16(9-4-2,14(18)21)15(20)19-11-12-6-5-7-13(17)10-12/h5-7,10H,3-4,8-9,11H2,1-2H3,(H2,18,21)(H,19,20). The van der Waals surface area contributed by atoms with E-state index in [9.17, 15) is 4.79 Å². The van der Waals surface area contributed by atoms with Crippen LogP contribution in [-0.4, -0.2) is 10.9 Å². The van der Waals surface area contributed by atoms with Crippen LogP contribution >= 0.6 is 28.1 Å². The summed E-state index contributed by atoms with van der Waals surface area (Å²) in [5, 5.41) is 2.99. The summed E-state index contributed by atoms with van der Waals surface area (Å²) in [4.78, 5) is 13.0. The number of thiocarbonyl (C=S) groups is 1. The van der Waals surface area contributed by atoms with Crippen LogP contribution in [0.25, 0.3) is 0 Å². The zero-order valence-electron chi connectivity index (χ0n) is 12.6. The Bertz CT molecular complexity index is 499. The summed E-state index contributed by atoms with van der Waals surface area (Å²) in [6.07, 6.45) is 3.14. The Labute approximate surface area is 140 Å². The molecule has 0 radical (unpaired) electrons. The van der Waals surface area contributed by atoms with Gasteiger partial charge in [0.05, 0.1) is 10.4 Å². The van der Waals surface area contributed by atoms with E-state index in [4.69, 9.17) is 18.0 Å². The van der Waals surface area contributed by atoms with Gasteiger partial charge in [-0.2, -0.15) is 0 Å². The quantitative estimate of drug-likeness (QED) is 0.681. The Morgan fingerprint density at radius 1 is 1.33 bits per heavy atom. The second-order valence-electron chi connectivity index (χ2n) is 5.26. The van der Waals surface area contributed by atoms with Crippen LogP contribution < -0.4 is 11.1 Å². The van der Waals surface area contributed by atoms with Gasteiger partial charge in [-0.05, 0) is 30.5 Å². The predicted molar refractivity (Wildman–Crippen MR) is 95.0 cm³/mol. The fourth-order valence-electron chi connectivity index (χ4n) is 2.56. The van der Waals surface area contributed by atoms with E-state index in [0.717, 1.165) is 22.9 Å². The molecule has 0 heterocycles. The first-order valence-electron chi connectivity index (χ1n) is 7.29. The van der Waals surface area contributed by atoms with Gasteiger partial charge in [0.2, 0.25) is 5.91 Å². The lowest BCUT2D eigenvalue weighted by atomic mass is 9.78. The molecule has 1 aromatic carbocycles. The number of nitrogens with two attached hydrogens (primary N) is 1. The average molecular weight is 371 g/mol. The summed E-state index contributed by atoms with van der Waals surface area (Å²) in [6.45, 7) is 4.57. The van der Waals surface area contributed by atoms with E-state index >= 15 is 0 Å². The molecular weight excluding hydrogens is 348 g/mol. The Morgan fingerprint density at radius 3 is 2.43 bits per heavy atom. The number of rotatable bonds is 8. The van der Waals surface area contributed by atoms with Gasteiger partial charge < -0.3 is 11.1 Å². The molecule has 5 heteroatoms. The minimum absolute atomic E-state index is 0.0568. The van der Waals surface area contributed by atoms with Gasteiger partial charge >= 0.3 is 0 Å². The molecule has 21 heavy (non-hydrogen) atoms. The number of halogens is 1. The maximum atomic E-state index is 12.7. The summed E-state index contributed by atoms with van der Waals surface area (Å²) in [5.74, 6) is -0.0568. The van der Waals surface area contributed by atoms with Crippen molar-refractivity contribution >= 4 is 39.0 Å². The van der Waals surface area contributed by atoms with Gasteiger partial charge in [0.25, 0.3) is 0 Å². The first kappa shape index (κ1) is 18.1. The Balaban J connectivity index is 2.83.